The Hall–Kier alpha value is -1.61. The zero-order chi connectivity index (χ0) is 13.8. The molecule has 0 spiro atoms. The van der Waals surface area contributed by atoms with Gasteiger partial charge in [-0.25, -0.2) is 4.39 Å². The Morgan fingerprint density at radius 1 is 1.16 bits per heavy atom. The molecular formula is C16H21FN2. The maximum absolute atomic E-state index is 13.0. The van der Waals surface area contributed by atoms with Crippen LogP contribution in [-0.4, -0.2) is 11.1 Å². The fraction of sp³-hybridized carbons (Fsp3) is 0.375. The van der Waals surface area contributed by atoms with Crippen molar-refractivity contribution >= 4 is 0 Å². The van der Waals surface area contributed by atoms with E-state index in [0.717, 1.165) is 25.2 Å². The summed E-state index contributed by atoms with van der Waals surface area (Å²) in [6.45, 7) is 8.27. The molecule has 19 heavy (non-hydrogen) atoms. The number of hydrogen-bond acceptors (Lipinski definition) is 1. The Bertz CT molecular complexity index is 541. The van der Waals surface area contributed by atoms with Gasteiger partial charge >= 0.3 is 0 Å². The van der Waals surface area contributed by atoms with E-state index in [1.54, 1.807) is 0 Å². The normalized spacial score (nSPS) is 10.9. The van der Waals surface area contributed by atoms with Crippen LogP contribution < -0.4 is 5.32 Å². The van der Waals surface area contributed by atoms with Gasteiger partial charge in [-0.15, -0.1) is 0 Å². The second-order valence-electron chi connectivity index (χ2n) is 4.88. The van der Waals surface area contributed by atoms with Crippen molar-refractivity contribution in [2.24, 2.45) is 0 Å². The molecule has 102 valence electrons. The van der Waals surface area contributed by atoms with Crippen LogP contribution in [0.25, 0.3) is 5.69 Å². The average Bonchev–Trinajstić information content (AvgIpc) is 2.67. The molecule has 2 aromatic rings. The Morgan fingerprint density at radius 3 is 2.47 bits per heavy atom. The molecule has 0 unspecified atom stereocenters. The van der Waals surface area contributed by atoms with Crippen LogP contribution in [0.5, 0.6) is 0 Å². The first-order valence-corrected chi connectivity index (χ1v) is 6.78. The van der Waals surface area contributed by atoms with Crippen molar-refractivity contribution in [2.45, 2.75) is 33.7 Å². The first kappa shape index (κ1) is 13.8. The van der Waals surface area contributed by atoms with Crippen molar-refractivity contribution in [3.8, 4) is 5.69 Å². The van der Waals surface area contributed by atoms with Gasteiger partial charge in [0.25, 0.3) is 0 Å². The van der Waals surface area contributed by atoms with E-state index in [2.05, 4.69) is 36.7 Å². The summed E-state index contributed by atoms with van der Waals surface area (Å²) in [5, 5.41) is 3.42. The molecule has 0 fully saturated rings. The summed E-state index contributed by atoms with van der Waals surface area (Å²) >= 11 is 0. The van der Waals surface area contributed by atoms with E-state index < -0.39 is 0 Å². The van der Waals surface area contributed by atoms with Gasteiger partial charge in [-0.2, -0.15) is 0 Å². The van der Waals surface area contributed by atoms with Crippen molar-refractivity contribution in [3.05, 3.63) is 53.1 Å². The van der Waals surface area contributed by atoms with Gasteiger partial charge in [-0.3, -0.25) is 0 Å². The predicted molar refractivity (Wildman–Crippen MR) is 77.2 cm³/mol. The number of nitrogens with zero attached hydrogens (tertiary/aromatic N) is 1. The number of aryl methyl sites for hydroxylation is 1. The molecule has 3 heteroatoms. The van der Waals surface area contributed by atoms with E-state index in [1.807, 2.05) is 12.1 Å². The summed E-state index contributed by atoms with van der Waals surface area (Å²) in [6, 6.07) is 8.84. The fourth-order valence-electron chi connectivity index (χ4n) is 2.40. The smallest absolute Gasteiger partial charge is 0.123 e. The molecule has 1 aromatic carbocycles. The zero-order valence-electron chi connectivity index (χ0n) is 11.8. The minimum Gasteiger partial charge on any atom is -0.318 e. The summed E-state index contributed by atoms with van der Waals surface area (Å²) in [4.78, 5) is 0. The highest BCUT2D eigenvalue weighted by Crippen LogP contribution is 2.20. The molecule has 0 aliphatic rings. The molecule has 1 N–H and O–H groups in total. The standard InChI is InChI=1S/C16H21FN2/c1-4-9-18-11-14-10-12(2)19(13(14)3)16-7-5-15(17)6-8-16/h5-8,10,18H,4,9,11H2,1-3H3. The van der Waals surface area contributed by atoms with Gasteiger partial charge in [0.2, 0.25) is 0 Å². The number of nitrogens with one attached hydrogen (secondary N) is 1. The van der Waals surface area contributed by atoms with E-state index in [4.69, 9.17) is 0 Å². The van der Waals surface area contributed by atoms with E-state index in [0.29, 0.717) is 0 Å². The summed E-state index contributed by atoms with van der Waals surface area (Å²) in [7, 11) is 0. The fourth-order valence-corrected chi connectivity index (χ4v) is 2.40. The molecular weight excluding hydrogens is 239 g/mol. The Labute approximate surface area is 114 Å². The lowest BCUT2D eigenvalue weighted by Crippen LogP contribution is -2.14. The van der Waals surface area contributed by atoms with Crippen molar-refractivity contribution in [1.82, 2.24) is 9.88 Å². The molecule has 0 aliphatic heterocycles. The first-order valence-electron chi connectivity index (χ1n) is 6.78. The van der Waals surface area contributed by atoms with Crippen LogP contribution >= 0.6 is 0 Å². The van der Waals surface area contributed by atoms with Gasteiger partial charge in [0, 0.05) is 23.6 Å². The molecule has 0 amide bonds. The van der Waals surface area contributed by atoms with Crippen LogP contribution in [0.2, 0.25) is 0 Å². The number of rotatable bonds is 5. The van der Waals surface area contributed by atoms with Crippen LogP contribution in [0.15, 0.2) is 30.3 Å². The number of aromatic nitrogens is 1. The van der Waals surface area contributed by atoms with E-state index in [1.165, 1.54) is 29.1 Å². The number of halogens is 1. The Kier molecular flexibility index (Phi) is 4.38. The molecule has 0 saturated carbocycles. The van der Waals surface area contributed by atoms with Crippen molar-refractivity contribution in [2.75, 3.05) is 6.54 Å². The lowest BCUT2D eigenvalue weighted by atomic mass is 10.2. The van der Waals surface area contributed by atoms with E-state index in [9.17, 15) is 4.39 Å². The van der Waals surface area contributed by atoms with E-state index >= 15 is 0 Å². The second kappa shape index (κ2) is 6.02. The van der Waals surface area contributed by atoms with Gasteiger partial charge < -0.3 is 9.88 Å². The SMILES string of the molecule is CCCNCc1cc(C)n(-c2ccc(F)cc2)c1C. The largest absolute Gasteiger partial charge is 0.318 e. The van der Waals surface area contributed by atoms with Gasteiger partial charge in [-0.05, 0) is 62.7 Å². The molecule has 1 heterocycles. The molecule has 0 aliphatic carbocycles. The summed E-state index contributed by atoms with van der Waals surface area (Å²) < 4.78 is 15.2. The molecule has 0 radical (unpaired) electrons. The third kappa shape index (κ3) is 3.04. The topological polar surface area (TPSA) is 17.0 Å². The molecule has 2 rings (SSSR count). The molecule has 2 nitrogen and oxygen atoms in total. The highest BCUT2D eigenvalue weighted by Gasteiger charge is 2.10. The Balaban J connectivity index is 2.28. The third-order valence-corrected chi connectivity index (χ3v) is 3.36. The summed E-state index contributed by atoms with van der Waals surface area (Å²) in [6.07, 6.45) is 1.14. The van der Waals surface area contributed by atoms with Crippen molar-refractivity contribution in [1.29, 1.82) is 0 Å². The molecule has 1 aromatic heterocycles. The van der Waals surface area contributed by atoms with Crippen LogP contribution in [0.3, 0.4) is 0 Å². The highest BCUT2D eigenvalue weighted by molar-refractivity contribution is 5.41. The maximum atomic E-state index is 13.0. The summed E-state index contributed by atoms with van der Waals surface area (Å²) in [5.74, 6) is -0.198. The quantitative estimate of drug-likeness (QED) is 0.810. The van der Waals surface area contributed by atoms with Crippen LogP contribution in [-0.2, 0) is 6.54 Å². The zero-order valence-corrected chi connectivity index (χ0v) is 11.8. The summed E-state index contributed by atoms with van der Waals surface area (Å²) in [5.41, 5.74) is 4.71. The first-order chi connectivity index (χ1) is 9.13. The van der Waals surface area contributed by atoms with Gasteiger partial charge in [0.05, 0.1) is 0 Å². The van der Waals surface area contributed by atoms with E-state index in [-0.39, 0.29) is 5.82 Å². The van der Waals surface area contributed by atoms with Crippen LogP contribution in [0.1, 0.15) is 30.3 Å². The average molecular weight is 260 g/mol. The number of benzene rings is 1. The minimum atomic E-state index is -0.198. The second-order valence-corrected chi connectivity index (χ2v) is 4.88. The van der Waals surface area contributed by atoms with Crippen molar-refractivity contribution < 1.29 is 4.39 Å². The van der Waals surface area contributed by atoms with Crippen LogP contribution in [0.4, 0.5) is 4.39 Å². The monoisotopic (exact) mass is 260 g/mol. The molecule has 0 bridgehead atoms. The number of hydrogen-bond donors (Lipinski definition) is 1. The maximum Gasteiger partial charge on any atom is 0.123 e. The lowest BCUT2D eigenvalue weighted by molar-refractivity contribution is 0.627. The lowest BCUT2D eigenvalue weighted by Gasteiger charge is -2.10. The minimum absolute atomic E-state index is 0.198. The predicted octanol–water partition coefficient (Wildman–Crippen LogP) is 3.73. The third-order valence-electron chi connectivity index (χ3n) is 3.36. The molecule has 0 saturated heterocycles. The van der Waals surface area contributed by atoms with Gasteiger partial charge in [-0.1, -0.05) is 6.92 Å². The van der Waals surface area contributed by atoms with Gasteiger partial charge in [0.1, 0.15) is 5.82 Å². The highest BCUT2D eigenvalue weighted by atomic mass is 19.1. The molecule has 0 atom stereocenters. The van der Waals surface area contributed by atoms with Crippen molar-refractivity contribution in [3.63, 3.8) is 0 Å². The Morgan fingerprint density at radius 2 is 1.84 bits per heavy atom. The van der Waals surface area contributed by atoms with Gasteiger partial charge in [0.15, 0.2) is 0 Å². The van der Waals surface area contributed by atoms with Crippen LogP contribution in [0, 0.1) is 19.7 Å².